The van der Waals surface area contributed by atoms with Gasteiger partial charge in [-0.1, -0.05) is 29.8 Å². The van der Waals surface area contributed by atoms with E-state index in [1.165, 1.54) is 37.3 Å². The van der Waals surface area contributed by atoms with Crippen LogP contribution in [0.4, 0.5) is 15.8 Å². The molecule has 1 N–H and O–H groups in total. The fourth-order valence-corrected chi connectivity index (χ4v) is 8.50. The van der Waals surface area contributed by atoms with Crippen molar-refractivity contribution in [1.82, 2.24) is 0 Å². The van der Waals surface area contributed by atoms with Crippen molar-refractivity contribution in [2.24, 2.45) is 17.8 Å². The second kappa shape index (κ2) is 10.1. The zero-order valence-corrected chi connectivity index (χ0v) is 25.3. The van der Waals surface area contributed by atoms with Crippen LogP contribution in [0.1, 0.15) is 41.6 Å². The summed E-state index contributed by atoms with van der Waals surface area (Å²) in [5.74, 6) is -7.18. The van der Waals surface area contributed by atoms with Crippen LogP contribution in [0.25, 0.3) is 0 Å². The average Bonchev–Trinajstić information content (AvgIpc) is 3.36. The summed E-state index contributed by atoms with van der Waals surface area (Å²) in [4.78, 5) is 66.0. The number of hydrogen-bond donors (Lipinski definition) is 1. The summed E-state index contributed by atoms with van der Waals surface area (Å²) in [6, 6.07) is 17.2. The summed E-state index contributed by atoms with van der Waals surface area (Å²) < 4.78 is 13.8. The predicted molar refractivity (Wildman–Crippen MR) is 164 cm³/mol. The number of carbonyl (C=O) groups is 5. The van der Waals surface area contributed by atoms with Gasteiger partial charge in [0.2, 0.25) is 11.8 Å². The highest BCUT2D eigenvalue weighted by atomic mass is 35.5. The average molecular weight is 647 g/mol. The molecule has 2 aliphatic heterocycles. The van der Waals surface area contributed by atoms with Crippen molar-refractivity contribution in [2.75, 3.05) is 9.80 Å². The van der Waals surface area contributed by atoms with Gasteiger partial charge in [-0.25, -0.2) is 9.29 Å². The minimum atomic E-state index is -2.14. The molecule has 0 aromatic heterocycles. The number of nitrogens with zero attached hydrogens (tertiary/aromatic N) is 2. The van der Waals surface area contributed by atoms with Crippen LogP contribution in [-0.2, 0) is 19.2 Å². The summed E-state index contributed by atoms with van der Waals surface area (Å²) >= 11 is 14.6. The van der Waals surface area contributed by atoms with Gasteiger partial charge in [0.15, 0.2) is 15.5 Å². The van der Waals surface area contributed by atoms with Crippen molar-refractivity contribution >= 4 is 64.0 Å². The Hall–Kier alpha value is -4.34. The van der Waals surface area contributed by atoms with Crippen LogP contribution < -0.4 is 9.80 Å². The molecule has 6 unspecified atom stereocenters. The van der Waals surface area contributed by atoms with Crippen molar-refractivity contribution < 1.29 is 33.5 Å². The molecule has 8 nitrogen and oxygen atoms in total. The zero-order chi connectivity index (χ0) is 32.0. The van der Waals surface area contributed by atoms with Gasteiger partial charge in [0, 0.05) is 17.0 Å². The van der Waals surface area contributed by atoms with E-state index in [2.05, 4.69) is 0 Å². The highest BCUT2D eigenvalue weighted by Crippen LogP contribution is 2.66. The van der Waals surface area contributed by atoms with Crippen LogP contribution in [0.2, 0.25) is 0 Å². The predicted octanol–water partition coefficient (Wildman–Crippen LogP) is 5.50. The molecule has 0 spiro atoms. The quantitative estimate of drug-likeness (QED) is 0.173. The second-order valence-electron chi connectivity index (χ2n) is 11.9. The minimum absolute atomic E-state index is 0.0685. The van der Waals surface area contributed by atoms with E-state index in [1.807, 2.05) is 0 Å². The maximum Gasteiger partial charge on any atom is 0.258 e. The maximum atomic E-state index is 14.3. The molecule has 3 aromatic carbocycles. The number of fused-ring (bicyclic) bond motifs is 4. The highest BCUT2D eigenvalue weighted by Gasteiger charge is 2.76. The van der Waals surface area contributed by atoms with Gasteiger partial charge in [-0.3, -0.25) is 28.9 Å². The number of hydrogen-bond acceptors (Lipinski definition) is 6. The molecule has 1 saturated carbocycles. The molecule has 4 aliphatic rings. The Morgan fingerprint density at radius 2 is 1.47 bits per heavy atom. The Morgan fingerprint density at radius 3 is 2.11 bits per heavy atom. The van der Waals surface area contributed by atoms with E-state index in [9.17, 15) is 33.5 Å². The molecular weight excluding hydrogens is 622 g/mol. The van der Waals surface area contributed by atoms with Crippen molar-refractivity contribution in [3.63, 3.8) is 0 Å². The fourth-order valence-electron chi connectivity index (χ4n) is 7.58. The van der Waals surface area contributed by atoms with E-state index in [0.717, 1.165) is 21.9 Å². The lowest BCUT2D eigenvalue weighted by Gasteiger charge is -2.50. The molecule has 0 bridgehead atoms. The summed E-state index contributed by atoms with van der Waals surface area (Å²) in [5.41, 5.74) is 1.57. The van der Waals surface area contributed by atoms with Crippen LogP contribution >= 0.6 is 23.2 Å². The van der Waals surface area contributed by atoms with Gasteiger partial charge < -0.3 is 5.11 Å². The number of benzene rings is 3. The lowest BCUT2D eigenvalue weighted by molar-refractivity contribution is -0.125. The lowest BCUT2D eigenvalue weighted by Crippen LogP contribution is -2.60. The SMILES string of the molecule is CC(=O)c1ccc(N2C(=O)C3CC=C4C(CC5(Cl)C(=O)N(c6ccc(F)cc6)C(=O)C5(Cl)C4c4ccccc4O)C3C2=O)cc1. The first-order valence-electron chi connectivity index (χ1n) is 14.4. The number of rotatable bonds is 4. The van der Waals surface area contributed by atoms with Crippen molar-refractivity contribution in [3.05, 3.63) is 101 Å². The van der Waals surface area contributed by atoms with Gasteiger partial charge in [0.1, 0.15) is 11.6 Å². The third-order valence-corrected chi connectivity index (χ3v) is 11.1. The molecule has 6 atom stereocenters. The number of alkyl halides is 2. The number of anilines is 2. The topological polar surface area (TPSA) is 112 Å². The summed E-state index contributed by atoms with van der Waals surface area (Å²) in [5, 5.41) is 11.0. The molecule has 228 valence electrons. The number of imide groups is 2. The van der Waals surface area contributed by atoms with Crippen LogP contribution in [0.15, 0.2) is 84.4 Å². The van der Waals surface area contributed by atoms with E-state index in [0.29, 0.717) is 16.8 Å². The smallest absolute Gasteiger partial charge is 0.258 e. The van der Waals surface area contributed by atoms with Crippen molar-refractivity contribution in [1.29, 1.82) is 0 Å². The first-order chi connectivity index (χ1) is 21.4. The number of phenolic OH excluding ortho intramolecular Hbond substituents is 1. The Kier molecular flexibility index (Phi) is 6.58. The number of carbonyl (C=O) groups excluding carboxylic acids is 5. The molecule has 0 radical (unpaired) electrons. The van der Waals surface area contributed by atoms with E-state index in [4.69, 9.17) is 23.2 Å². The minimum Gasteiger partial charge on any atom is -0.508 e. The van der Waals surface area contributed by atoms with Crippen molar-refractivity contribution in [3.8, 4) is 5.75 Å². The molecule has 2 heterocycles. The molecule has 2 aliphatic carbocycles. The third-order valence-electron chi connectivity index (χ3n) is 9.68. The lowest BCUT2D eigenvalue weighted by atomic mass is 9.56. The van der Waals surface area contributed by atoms with Gasteiger partial charge >= 0.3 is 0 Å². The Bertz CT molecular complexity index is 1860. The van der Waals surface area contributed by atoms with E-state index < -0.39 is 62.9 Å². The van der Waals surface area contributed by atoms with Gasteiger partial charge in [0.25, 0.3) is 11.8 Å². The molecule has 11 heteroatoms. The maximum absolute atomic E-state index is 14.3. The largest absolute Gasteiger partial charge is 0.508 e. The van der Waals surface area contributed by atoms with Crippen LogP contribution in [-0.4, -0.2) is 44.3 Å². The second-order valence-corrected chi connectivity index (χ2v) is 13.2. The number of allylic oxidation sites excluding steroid dienone is 2. The first-order valence-corrected chi connectivity index (χ1v) is 15.1. The third kappa shape index (κ3) is 3.93. The molecule has 2 saturated heterocycles. The molecule has 3 aromatic rings. The number of amides is 4. The van der Waals surface area contributed by atoms with Crippen LogP contribution in [0.3, 0.4) is 0 Å². The number of aromatic hydroxyl groups is 1. The highest BCUT2D eigenvalue weighted by molar-refractivity contribution is 6.58. The van der Waals surface area contributed by atoms with Gasteiger partial charge in [-0.15, -0.1) is 23.2 Å². The molecule has 7 rings (SSSR count). The molecular formula is C34H25Cl2FN2O6. The summed E-state index contributed by atoms with van der Waals surface area (Å²) in [6.45, 7) is 1.41. The number of ketones is 1. The number of Topliss-reactive ketones (excluding diaryl/α,β-unsaturated/α-hetero) is 1. The Labute approximate surface area is 267 Å². The Balaban J connectivity index is 1.37. The van der Waals surface area contributed by atoms with Crippen molar-refractivity contribution in [2.45, 2.75) is 35.4 Å². The van der Waals surface area contributed by atoms with Gasteiger partial charge in [-0.2, -0.15) is 0 Å². The van der Waals surface area contributed by atoms with Crippen LogP contribution in [0.5, 0.6) is 5.75 Å². The molecule has 4 amide bonds. The first kappa shape index (κ1) is 29.4. The fraction of sp³-hybridized carbons (Fsp3) is 0.265. The van der Waals surface area contributed by atoms with Crippen LogP contribution in [0, 0.1) is 23.6 Å². The summed E-state index contributed by atoms with van der Waals surface area (Å²) in [6.07, 6.45) is 1.68. The van der Waals surface area contributed by atoms with Gasteiger partial charge in [-0.05, 0) is 80.3 Å². The normalized spacial score (nSPS) is 30.6. The number of halogens is 3. The number of phenols is 1. The standard InChI is InChI=1S/C34H25Cl2FN2O6/c1-17(40)18-6-10-20(11-7-18)38-29(42)24-15-14-22-25(27(24)30(38)43)16-33(35)31(44)39(21-12-8-19(37)9-13-21)32(45)34(33,36)28(22)23-4-2-3-5-26(23)41/h2-14,24-25,27-28,41H,15-16H2,1H3. The molecule has 45 heavy (non-hydrogen) atoms. The monoisotopic (exact) mass is 646 g/mol. The molecule has 3 fully saturated rings. The van der Waals surface area contributed by atoms with E-state index in [-0.39, 0.29) is 35.6 Å². The van der Waals surface area contributed by atoms with E-state index >= 15 is 0 Å². The zero-order valence-electron chi connectivity index (χ0n) is 23.7. The van der Waals surface area contributed by atoms with Gasteiger partial charge in [0.05, 0.1) is 23.2 Å². The summed E-state index contributed by atoms with van der Waals surface area (Å²) in [7, 11) is 0. The number of para-hydroxylation sites is 1. The Morgan fingerprint density at radius 1 is 0.844 bits per heavy atom. The van der Waals surface area contributed by atoms with E-state index in [1.54, 1.807) is 36.4 Å².